The lowest BCUT2D eigenvalue weighted by molar-refractivity contribution is 0.0771. The van der Waals surface area contributed by atoms with E-state index in [9.17, 15) is 9.59 Å². The molecule has 0 bridgehead atoms. The molecular weight excluding hydrogens is 374 g/mol. The first-order valence-electron chi connectivity index (χ1n) is 9.05. The van der Waals surface area contributed by atoms with Crippen LogP contribution in [0.1, 0.15) is 33.3 Å². The molecule has 0 saturated carbocycles. The Morgan fingerprint density at radius 2 is 1.62 bits per heavy atom. The number of rotatable bonds is 4. The first-order chi connectivity index (χ1) is 13.9. The number of hydrogen-bond acceptors (Lipinski definition) is 6. The summed E-state index contributed by atoms with van der Waals surface area (Å²) in [5, 5.41) is 0.448. The summed E-state index contributed by atoms with van der Waals surface area (Å²) in [6.45, 7) is 1.90. The van der Waals surface area contributed by atoms with Gasteiger partial charge in [-0.1, -0.05) is 11.6 Å². The van der Waals surface area contributed by atoms with E-state index in [2.05, 4.69) is 0 Å². The van der Waals surface area contributed by atoms with Gasteiger partial charge in [0.05, 0.1) is 38.3 Å². The molecule has 0 N–H and O–H groups in total. The van der Waals surface area contributed by atoms with Crippen LogP contribution in [-0.2, 0) is 0 Å². The highest BCUT2D eigenvalue weighted by atomic mass is 16.5. The fraction of sp³-hybridized carbons (Fsp3) is 0.273. The summed E-state index contributed by atoms with van der Waals surface area (Å²) in [7, 11) is 6.19. The molecular formula is C22H21NO6. The monoisotopic (exact) mass is 395 g/mol. The molecule has 0 fully saturated rings. The number of aryl methyl sites for hydroxylation is 1. The summed E-state index contributed by atoms with van der Waals surface area (Å²) in [6.07, 6.45) is 0. The highest BCUT2D eigenvalue weighted by Crippen LogP contribution is 2.44. The van der Waals surface area contributed by atoms with Gasteiger partial charge >= 0.3 is 0 Å². The Hall–Kier alpha value is -3.48. The van der Waals surface area contributed by atoms with Crippen molar-refractivity contribution in [2.45, 2.75) is 13.0 Å². The number of fused-ring (bicyclic) bond motifs is 2. The van der Waals surface area contributed by atoms with Crippen LogP contribution in [0.5, 0.6) is 17.2 Å². The van der Waals surface area contributed by atoms with E-state index in [0.717, 1.165) is 5.56 Å². The topological polar surface area (TPSA) is 78.2 Å². The van der Waals surface area contributed by atoms with E-state index in [1.807, 2.05) is 13.0 Å². The number of hydrogen-bond donors (Lipinski definition) is 0. The van der Waals surface area contributed by atoms with Crippen molar-refractivity contribution < 1.29 is 23.4 Å². The first kappa shape index (κ1) is 18.9. The molecule has 1 atom stereocenters. The minimum atomic E-state index is -0.632. The van der Waals surface area contributed by atoms with Gasteiger partial charge in [0, 0.05) is 7.05 Å². The van der Waals surface area contributed by atoms with Crippen LogP contribution in [0.4, 0.5) is 0 Å². The van der Waals surface area contributed by atoms with Gasteiger partial charge < -0.3 is 23.5 Å². The molecule has 0 radical (unpaired) electrons. The van der Waals surface area contributed by atoms with Gasteiger partial charge in [0.2, 0.25) is 11.5 Å². The lowest BCUT2D eigenvalue weighted by Crippen LogP contribution is -2.25. The zero-order valence-electron chi connectivity index (χ0n) is 16.9. The van der Waals surface area contributed by atoms with Crippen LogP contribution in [0, 0.1) is 6.92 Å². The predicted molar refractivity (Wildman–Crippen MR) is 107 cm³/mol. The molecule has 4 rings (SSSR count). The Bertz CT molecular complexity index is 1170. The van der Waals surface area contributed by atoms with Crippen molar-refractivity contribution in [3.63, 3.8) is 0 Å². The van der Waals surface area contributed by atoms with Crippen molar-refractivity contribution in [3.8, 4) is 17.2 Å². The normalized spacial score (nSPS) is 15.6. The van der Waals surface area contributed by atoms with Gasteiger partial charge in [-0.25, -0.2) is 0 Å². The summed E-state index contributed by atoms with van der Waals surface area (Å²) in [5.74, 6) is 1.03. The summed E-state index contributed by atoms with van der Waals surface area (Å²) < 4.78 is 22.1. The number of benzene rings is 2. The van der Waals surface area contributed by atoms with Gasteiger partial charge in [-0.2, -0.15) is 0 Å². The molecule has 29 heavy (non-hydrogen) atoms. The van der Waals surface area contributed by atoms with Crippen LogP contribution in [-0.4, -0.2) is 39.2 Å². The average molecular weight is 395 g/mol. The Kier molecular flexibility index (Phi) is 4.45. The molecule has 0 saturated heterocycles. The number of methoxy groups -OCH3 is 3. The standard InChI is InChI=1S/C22H21NO6/c1-11-6-7-14-13(8-11)19(24)17-18(23(2)22(25)21(17)29-14)12-9-15(26-3)20(28-5)16(10-12)27-4/h6-10,18H,1-5H3. The number of ether oxygens (including phenoxy) is 3. The van der Waals surface area contributed by atoms with E-state index in [1.165, 1.54) is 26.2 Å². The van der Waals surface area contributed by atoms with Crippen molar-refractivity contribution >= 4 is 16.9 Å². The summed E-state index contributed by atoms with van der Waals surface area (Å²) in [4.78, 5) is 27.7. The smallest absolute Gasteiger partial charge is 0.290 e. The Balaban J connectivity index is 2.01. The van der Waals surface area contributed by atoms with Gasteiger partial charge in [0.25, 0.3) is 5.91 Å². The third-order valence-electron chi connectivity index (χ3n) is 5.26. The second kappa shape index (κ2) is 6.84. The second-order valence-electron chi connectivity index (χ2n) is 6.95. The predicted octanol–water partition coefficient (Wildman–Crippen LogP) is 3.30. The first-order valence-corrected chi connectivity index (χ1v) is 9.05. The molecule has 150 valence electrons. The number of nitrogens with zero attached hydrogens (tertiary/aromatic N) is 1. The minimum absolute atomic E-state index is 0.0626. The molecule has 0 spiro atoms. The maximum atomic E-state index is 13.4. The van der Waals surface area contributed by atoms with E-state index in [4.69, 9.17) is 18.6 Å². The van der Waals surface area contributed by atoms with Gasteiger partial charge in [-0.15, -0.1) is 0 Å². The molecule has 2 heterocycles. The number of carbonyl (C=O) groups is 1. The summed E-state index contributed by atoms with van der Waals surface area (Å²) >= 11 is 0. The van der Waals surface area contributed by atoms with Crippen LogP contribution < -0.4 is 19.6 Å². The molecule has 3 aromatic rings. The lowest BCUT2D eigenvalue weighted by Gasteiger charge is -2.22. The Labute approximate surface area is 167 Å². The average Bonchev–Trinajstić information content (AvgIpc) is 2.98. The summed E-state index contributed by atoms with van der Waals surface area (Å²) in [5.41, 5.74) is 2.08. The highest BCUT2D eigenvalue weighted by Gasteiger charge is 2.41. The Morgan fingerprint density at radius 3 is 2.21 bits per heavy atom. The lowest BCUT2D eigenvalue weighted by atomic mass is 9.97. The zero-order valence-corrected chi connectivity index (χ0v) is 16.9. The van der Waals surface area contributed by atoms with Crippen LogP contribution in [0.25, 0.3) is 11.0 Å². The molecule has 1 unspecified atom stereocenters. The van der Waals surface area contributed by atoms with E-state index in [-0.39, 0.29) is 17.1 Å². The third kappa shape index (κ3) is 2.73. The largest absolute Gasteiger partial charge is 0.493 e. The quantitative estimate of drug-likeness (QED) is 0.675. The molecule has 7 nitrogen and oxygen atoms in total. The van der Waals surface area contributed by atoms with E-state index < -0.39 is 6.04 Å². The SMILES string of the molecule is COc1cc(C2c3c(oc4ccc(C)cc4c3=O)C(=O)N2C)cc(OC)c1OC. The van der Waals surface area contributed by atoms with Gasteiger partial charge in [-0.3, -0.25) is 9.59 Å². The van der Waals surface area contributed by atoms with Crippen molar-refractivity contribution in [2.75, 3.05) is 28.4 Å². The van der Waals surface area contributed by atoms with E-state index in [1.54, 1.807) is 31.3 Å². The minimum Gasteiger partial charge on any atom is -0.493 e. The fourth-order valence-electron chi connectivity index (χ4n) is 3.85. The van der Waals surface area contributed by atoms with Crippen molar-refractivity contribution in [3.05, 3.63) is 63.0 Å². The third-order valence-corrected chi connectivity index (χ3v) is 5.26. The molecule has 1 aliphatic rings. The molecule has 1 amide bonds. The van der Waals surface area contributed by atoms with Crippen molar-refractivity contribution in [1.82, 2.24) is 4.90 Å². The number of carbonyl (C=O) groups excluding carboxylic acids is 1. The van der Waals surface area contributed by atoms with Crippen LogP contribution >= 0.6 is 0 Å². The Morgan fingerprint density at radius 1 is 0.966 bits per heavy atom. The number of amides is 1. The second-order valence-corrected chi connectivity index (χ2v) is 6.95. The van der Waals surface area contributed by atoms with Crippen molar-refractivity contribution in [2.24, 2.45) is 0 Å². The van der Waals surface area contributed by atoms with Crippen LogP contribution in [0.3, 0.4) is 0 Å². The highest BCUT2D eigenvalue weighted by molar-refractivity contribution is 5.99. The molecule has 1 aliphatic heterocycles. The van der Waals surface area contributed by atoms with Gasteiger partial charge in [0.15, 0.2) is 16.9 Å². The molecule has 1 aromatic heterocycles. The summed E-state index contributed by atoms with van der Waals surface area (Å²) in [6, 6.07) is 8.18. The van der Waals surface area contributed by atoms with E-state index in [0.29, 0.717) is 39.3 Å². The molecule has 0 aliphatic carbocycles. The van der Waals surface area contributed by atoms with Crippen molar-refractivity contribution in [1.29, 1.82) is 0 Å². The van der Waals surface area contributed by atoms with Crippen LogP contribution in [0.2, 0.25) is 0 Å². The maximum absolute atomic E-state index is 13.4. The van der Waals surface area contributed by atoms with E-state index >= 15 is 0 Å². The van der Waals surface area contributed by atoms with Crippen LogP contribution in [0.15, 0.2) is 39.5 Å². The van der Waals surface area contributed by atoms with Gasteiger partial charge in [0.1, 0.15) is 5.58 Å². The fourth-order valence-corrected chi connectivity index (χ4v) is 3.85. The van der Waals surface area contributed by atoms with Gasteiger partial charge in [-0.05, 0) is 36.8 Å². The molecule has 2 aromatic carbocycles. The maximum Gasteiger partial charge on any atom is 0.290 e. The molecule has 7 heteroatoms. The zero-order chi connectivity index (χ0) is 20.9.